The Balaban J connectivity index is 2.08. The van der Waals surface area contributed by atoms with Crippen LogP contribution >= 0.6 is 0 Å². The Labute approximate surface area is 124 Å². The average molecular weight is 277 g/mol. The van der Waals surface area contributed by atoms with Gasteiger partial charge in [0.2, 0.25) is 0 Å². The number of benzene rings is 2. The van der Waals surface area contributed by atoms with Gasteiger partial charge >= 0.3 is 0 Å². The predicted molar refractivity (Wildman–Crippen MR) is 82.0 cm³/mol. The molecule has 0 amide bonds. The van der Waals surface area contributed by atoms with Crippen molar-refractivity contribution in [2.24, 2.45) is 5.92 Å². The molecule has 21 heavy (non-hydrogen) atoms. The minimum Gasteiger partial charge on any atom is -0.206 e. The van der Waals surface area contributed by atoms with Gasteiger partial charge < -0.3 is 0 Å². The highest BCUT2D eigenvalue weighted by Crippen LogP contribution is 2.36. The monoisotopic (exact) mass is 277 g/mol. The Bertz CT molecular complexity index is 724. The molecule has 0 saturated heterocycles. The van der Waals surface area contributed by atoms with Crippen LogP contribution in [0.5, 0.6) is 0 Å². The molecule has 104 valence electrons. The minimum absolute atomic E-state index is 0.195. The molecule has 0 fully saturated rings. The van der Waals surface area contributed by atoms with Gasteiger partial charge in [-0.3, -0.25) is 0 Å². The number of nitriles is 1. The Morgan fingerprint density at radius 2 is 1.76 bits per heavy atom. The number of rotatable bonds is 3. The summed E-state index contributed by atoms with van der Waals surface area (Å²) in [5, 5.41) is 8.79. The maximum Gasteiger partial charge on any atom is 0.131 e. The zero-order valence-electron chi connectivity index (χ0n) is 11.7. The van der Waals surface area contributed by atoms with Crippen molar-refractivity contribution in [2.75, 3.05) is 0 Å². The van der Waals surface area contributed by atoms with E-state index >= 15 is 0 Å². The standard InChI is InChI=1S/C19H16FN/c20-19-10-4-3-9-17(19)18-13-14(6-5-11-21)12-15-7-1-2-8-16(15)18/h1-4,7-10,13-14H,5-6,12H2. The lowest BCUT2D eigenvalue weighted by Gasteiger charge is -2.24. The van der Waals surface area contributed by atoms with Crippen LogP contribution < -0.4 is 0 Å². The first-order valence-corrected chi connectivity index (χ1v) is 7.21. The van der Waals surface area contributed by atoms with Crippen molar-refractivity contribution in [1.29, 1.82) is 5.26 Å². The van der Waals surface area contributed by atoms with Gasteiger partial charge in [-0.05, 0) is 41.5 Å². The second-order valence-electron chi connectivity index (χ2n) is 5.38. The summed E-state index contributed by atoms with van der Waals surface area (Å²) < 4.78 is 14.2. The Morgan fingerprint density at radius 3 is 2.52 bits per heavy atom. The quantitative estimate of drug-likeness (QED) is 0.795. The molecule has 0 heterocycles. The third kappa shape index (κ3) is 2.73. The zero-order chi connectivity index (χ0) is 14.7. The zero-order valence-corrected chi connectivity index (χ0v) is 11.7. The molecule has 1 atom stereocenters. The van der Waals surface area contributed by atoms with E-state index in [9.17, 15) is 4.39 Å². The average Bonchev–Trinajstić information content (AvgIpc) is 2.52. The Morgan fingerprint density at radius 1 is 1.05 bits per heavy atom. The summed E-state index contributed by atoms with van der Waals surface area (Å²) >= 11 is 0. The van der Waals surface area contributed by atoms with E-state index in [4.69, 9.17) is 5.26 Å². The molecule has 0 aromatic heterocycles. The molecule has 1 unspecified atom stereocenters. The van der Waals surface area contributed by atoms with Crippen molar-refractivity contribution >= 4 is 5.57 Å². The first kappa shape index (κ1) is 13.6. The van der Waals surface area contributed by atoms with E-state index in [1.807, 2.05) is 30.3 Å². The van der Waals surface area contributed by atoms with E-state index in [2.05, 4.69) is 18.2 Å². The second-order valence-corrected chi connectivity index (χ2v) is 5.38. The fourth-order valence-corrected chi connectivity index (χ4v) is 2.98. The van der Waals surface area contributed by atoms with Crippen LogP contribution in [0.1, 0.15) is 29.5 Å². The lowest BCUT2D eigenvalue weighted by molar-refractivity contribution is 0.590. The fraction of sp³-hybridized carbons (Fsp3) is 0.211. The summed E-state index contributed by atoms with van der Waals surface area (Å²) in [6.07, 6.45) is 4.42. The van der Waals surface area contributed by atoms with Crippen molar-refractivity contribution in [3.05, 3.63) is 77.1 Å². The molecule has 2 aromatic carbocycles. The summed E-state index contributed by atoms with van der Waals surface area (Å²) in [4.78, 5) is 0. The lowest BCUT2D eigenvalue weighted by Crippen LogP contribution is -2.11. The van der Waals surface area contributed by atoms with Gasteiger partial charge in [-0.1, -0.05) is 48.5 Å². The molecule has 0 bridgehead atoms. The van der Waals surface area contributed by atoms with E-state index in [0.29, 0.717) is 17.9 Å². The molecule has 2 aromatic rings. The molecule has 1 nitrogen and oxygen atoms in total. The van der Waals surface area contributed by atoms with Crippen molar-refractivity contribution in [3.63, 3.8) is 0 Å². The van der Waals surface area contributed by atoms with Crippen LogP contribution in [0.15, 0.2) is 54.6 Å². The fourth-order valence-electron chi connectivity index (χ4n) is 2.98. The molecule has 0 radical (unpaired) electrons. The van der Waals surface area contributed by atoms with E-state index in [1.165, 1.54) is 11.6 Å². The first-order valence-electron chi connectivity index (χ1n) is 7.21. The minimum atomic E-state index is -0.195. The van der Waals surface area contributed by atoms with Crippen LogP contribution in [0, 0.1) is 23.1 Å². The first-order chi connectivity index (χ1) is 10.3. The number of fused-ring (bicyclic) bond motifs is 1. The molecule has 1 aliphatic rings. The summed E-state index contributed by atoms with van der Waals surface area (Å²) in [7, 11) is 0. The molecule has 0 N–H and O–H groups in total. The van der Waals surface area contributed by atoms with Gasteiger partial charge in [0, 0.05) is 12.0 Å². The smallest absolute Gasteiger partial charge is 0.131 e. The van der Waals surface area contributed by atoms with Crippen LogP contribution in [-0.4, -0.2) is 0 Å². The summed E-state index contributed by atoms with van der Waals surface area (Å²) in [5.41, 5.74) is 3.95. The number of hydrogen-bond acceptors (Lipinski definition) is 1. The van der Waals surface area contributed by atoms with Gasteiger partial charge in [0.25, 0.3) is 0 Å². The maximum atomic E-state index is 14.2. The van der Waals surface area contributed by atoms with Crippen LogP contribution in [-0.2, 0) is 6.42 Å². The maximum absolute atomic E-state index is 14.2. The van der Waals surface area contributed by atoms with E-state index in [0.717, 1.165) is 24.0 Å². The summed E-state index contributed by atoms with van der Waals surface area (Å²) in [5.74, 6) is 0.105. The lowest BCUT2D eigenvalue weighted by atomic mass is 9.80. The van der Waals surface area contributed by atoms with Gasteiger partial charge in [-0.15, -0.1) is 0 Å². The normalized spacial score (nSPS) is 16.8. The third-order valence-electron chi connectivity index (χ3n) is 3.98. The van der Waals surface area contributed by atoms with Gasteiger partial charge in [0.05, 0.1) is 6.07 Å². The largest absolute Gasteiger partial charge is 0.206 e. The highest BCUT2D eigenvalue weighted by atomic mass is 19.1. The molecule has 0 saturated carbocycles. The third-order valence-corrected chi connectivity index (χ3v) is 3.98. The number of allylic oxidation sites excluding steroid dienone is 1. The molecule has 1 aliphatic carbocycles. The molecular formula is C19H16FN. The van der Waals surface area contributed by atoms with Crippen LogP contribution in [0.25, 0.3) is 5.57 Å². The van der Waals surface area contributed by atoms with Gasteiger partial charge in [-0.2, -0.15) is 5.26 Å². The van der Waals surface area contributed by atoms with E-state index in [-0.39, 0.29) is 5.82 Å². The van der Waals surface area contributed by atoms with Crippen molar-refractivity contribution < 1.29 is 4.39 Å². The SMILES string of the molecule is N#CCCC1C=C(c2ccccc2F)c2ccccc2C1. The Hall–Kier alpha value is -2.40. The van der Waals surface area contributed by atoms with Crippen LogP contribution in [0.4, 0.5) is 4.39 Å². The summed E-state index contributed by atoms with van der Waals surface area (Å²) in [6, 6.07) is 17.3. The van der Waals surface area contributed by atoms with E-state index in [1.54, 1.807) is 6.07 Å². The highest BCUT2D eigenvalue weighted by molar-refractivity contribution is 5.83. The predicted octanol–water partition coefficient (Wildman–Crippen LogP) is 4.73. The van der Waals surface area contributed by atoms with Gasteiger partial charge in [0.15, 0.2) is 0 Å². The molecule has 2 heteroatoms. The molecule has 3 rings (SSSR count). The van der Waals surface area contributed by atoms with Crippen molar-refractivity contribution in [1.82, 2.24) is 0 Å². The summed E-state index contributed by atoms with van der Waals surface area (Å²) in [6.45, 7) is 0. The van der Waals surface area contributed by atoms with Crippen molar-refractivity contribution in [3.8, 4) is 6.07 Å². The van der Waals surface area contributed by atoms with Crippen LogP contribution in [0.2, 0.25) is 0 Å². The molecule has 0 spiro atoms. The molecule has 0 aliphatic heterocycles. The van der Waals surface area contributed by atoms with Gasteiger partial charge in [-0.25, -0.2) is 4.39 Å². The van der Waals surface area contributed by atoms with Crippen LogP contribution in [0.3, 0.4) is 0 Å². The number of halogens is 1. The second kappa shape index (κ2) is 5.93. The van der Waals surface area contributed by atoms with Gasteiger partial charge in [0.1, 0.15) is 5.82 Å². The number of nitrogens with zero attached hydrogens (tertiary/aromatic N) is 1. The molecular weight excluding hydrogens is 261 g/mol. The van der Waals surface area contributed by atoms with Crippen molar-refractivity contribution in [2.45, 2.75) is 19.3 Å². The Kier molecular flexibility index (Phi) is 3.83. The highest BCUT2D eigenvalue weighted by Gasteiger charge is 2.21. The topological polar surface area (TPSA) is 23.8 Å². The number of hydrogen-bond donors (Lipinski definition) is 0. The van der Waals surface area contributed by atoms with E-state index < -0.39 is 0 Å².